The number of piperidine rings is 1. The number of hydrogen-bond acceptors (Lipinski definition) is 6. The van der Waals surface area contributed by atoms with E-state index in [1.165, 1.54) is 28.6 Å². The fourth-order valence-electron chi connectivity index (χ4n) is 4.31. The molecule has 1 fully saturated rings. The van der Waals surface area contributed by atoms with Gasteiger partial charge < -0.3 is 10.1 Å². The minimum atomic E-state index is -4.07. The zero-order valence-corrected chi connectivity index (χ0v) is 23.4. The molecular weight excluding hydrogens is 514 g/mol. The summed E-state index contributed by atoms with van der Waals surface area (Å²) in [6, 6.07) is 10.9. The summed E-state index contributed by atoms with van der Waals surface area (Å²) >= 11 is 0. The molecule has 1 aliphatic heterocycles. The summed E-state index contributed by atoms with van der Waals surface area (Å²) in [5, 5.41) is 2.84. The third-order valence-electron chi connectivity index (χ3n) is 6.38. The zero-order valence-electron chi connectivity index (χ0n) is 21.8. The van der Waals surface area contributed by atoms with E-state index in [9.17, 15) is 21.6 Å². The molecule has 0 aromatic heterocycles. The van der Waals surface area contributed by atoms with Crippen molar-refractivity contribution in [3.05, 3.63) is 53.6 Å². The van der Waals surface area contributed by atoms with Crippen LogP contribution in [-0.4, -0.2) is 70.7 Å². The van der Waals surface area contributed by atoms with Crippen LogP contribution in [0.4, 0.5) is 5.69 Å². The first kappa shape index (κ1) is 29.2. The van der Waals surface area contributed by atoms with Gasteiger partial charge in [0.1, 0.15) is 0 Å². The van der Waals surface area contributed by atoms with Crippen molar-refractivity contribution in [3.63, 3.8) is 0 Å². The molecule has 0 bridgehead atoms. The fourth-order valence-corrected chi connectivity index (χ4v) is 7.26. The SMILES string of the molecule is CCOCCCN(CC(=O)Nc1c(C)cccc1C)S(=O)(=O)c1ccc(S(=O)(=O)N2CCCCC2)cc1. The Balaban J connectivity index is 1.81. The summed E-state index contributed by atoms with van der Waals surface area (Å²) in [5.41, 5.74) is 2.42. The first-order chi connectivity index (χ1) is 17.6. The molecule has 37 heavy (non-hydrogen) atoms. The zero-order chi connectivity index (χ0) is 27.1. The Labute approximate surface area is 220 Å². The van der Waals surface area contributed by atoms with Crippen LogP contribution in [0.1, 0.15) is 43.7 Å². The number of sulfonamides is 2. The van der Waals surface area contributed by atoms with Gasteiger partial charge in [-0.2, -0.15) is 8.61 Å². The molecule has 204 valence electrons. The number of hydrogen-bond donors (Lipinski definition) is 1. The Bertz CT molecular complexity index is 1250. The van der Waals surface area contributed by atoms with Crippen LogP contribution in [-0.2, 0) is 29.6 Å². The lowest BCUT2D eigenvalue weighted by Crippen LogP contribution is -2.39. The second-order valence-corrected chi connectivity index (χ2v) is 13.0. The van der Waals surface area contributed by atoms with E-state index >= 15 is 0 Å². The van der Waals surface area contributed by atoms with E-state index in [0.717, 1.165) is 34.7 Å². The lowest BCUT2D eigenvalue weighted by Gasteiger charge is -2.26. The lowest BCUT2D eigenvalue weighted by atomic mass is 10.1. The molecule has 0 saturated carbocycles. The first-order valence-electron chi connectivity index (χ1n) is 12.6. The molecular formula is C26H37N3O6S2. The van der Waals surface area contributed by atoms with E-state index in [0.29, 0.717) is 38.4 Å². The summed E-state index contributed by atoms with van der Waals surface area (Å²) in [7, 11) is -7.76. The maximum Gasteiger partial charge on any atom is 0.243 e. The van der Waals surface area contributed by atoms with Crippen LogP contribution in [0.25, 0.3) is 0 Å². The maximum absolute atomic E-state index is 13.5. The molecule has 0 radical (unpaired) electrons. The number of anilines is 1. The molecule has 1 saturated heterocycles. The van der Waals surface area contributed by atoms with Gasteiger partial charge in [-0.15, -0.1) is 0 Å². The summed E-state index contributed by atoms with van der Waals surface area (Å²) in [6.45, 7) is 7.09. The first-order valence-corrected chi connectivity index (χ1v) is 15.5. The Morgan fingerprint density at radius 1 is 0.946 bits per heavy atom. The highest BCUT2D eigenvalue weighted by Gasteiger charge is 2.29. The van der Waals surface area contributed by atoms with E-state index in [1.807, 2.05) is 39.0 Å². The lowest BCUT2D eigenvalue weighted by molar-refractivity contribution is -0.116. The topological polar surface area (TPSA) is 113 Å². The number of nitrogens with one attached hydrogen (secondary N) is 1. The van der Waals surface area contributed by atoms with Gasteiger partial charge in [0, 0.05) is 38.5 Å². The van der Waals surface area contributed by atoms with Crippen molar-refractivity contribution in [1.29, 1.82) is 0 Å². The van der Waals surface area contributed by atoms with Crippen LogP contribution in [0.2, 0.25) is 0 Å². The van der Waals surface area contributed by atoms with Crippen molar-refractivity contribution in [3.8, 4) is 0 Å². The predicted octanol–water partition coefficient (Wildman–Crippen LogP) is 3.53. The molecule has 11 heteroatoms. The average molecular weight is 552 g/mol. The molecule has 2 aromatic carbocycles. The number of carbonyl (C=O) groups is 1. The number of ether oxygens (including phenoxy) is 1. The molecule has 0 unspecified atom stereocenters. The van der Waals surface area contributed by atoms with Crippen molar-refractivity contribution in [2.24, 2.45) is 0 Å². The van der Waals surface area contributed by atoms with E-state index in [2.05, 4.69) is 5.32 Å². The average Bonchev–Trinajstić information content (AvgIpc) is 2.88. The van der Waals surface area contributed by atoms with Crippen molar-refractivity contribution in [2.75, 3.05) is 44.7 Å². The van der Waals surface area contributed by atoms with Crippen LogP contribution < -0.4 is 5.32 Å². The summed E-state index contributed by atoms with van der Waals surface area (Å²) in [5.74, 6) is -0.457. The van der Waals surface area contributed by atoms with Gasteiger partial charge in [0.2, 0.25) is 26.0 Å². The molecule has 0 atom stereocenters. The minimum Gasteiger partial charge on any atom is -0.382 e. The van der Waals surface area contributed by atoms with Crippen LogP contribution in [0.5, 0.6) is 0 Å². The standard InChI is InChI=1S/C26H37N3O6S2/c1-4-35-19-9-18-29(20-25(30)27-26-21(2)10-8-11-22(26)3)37(33,34)24-14-12-23(13-15-24)36(31,32)28-16-6-5-7-17-28/h8,10-15H,4-7,9,16-20H2,1-3H3,(H,27,30). The van der Waals surface area contributed by atoms with Gasteiger partial charge in [-0.25, -0.2) is 16.8 Å². The number of nitrogens with zero attached hydrogens (tertiary/aromatic N) is 2. The predicted molar refractivity (Wildman–Crippen MR) is 143 cm³/mol. The number of aryl methyl sites for hydroxylation is 2. The normalized spacial score (nSPS) is 15.1. The van der Waals surface area contributed by atoms with Gasteiger partial charge in [0.05, 0.1) is 16.3 Å². The largest absolute Gasteiger partial charge is 0.382 e. The van der Waals surface area contributed by atoms with Crippen LogP contribution in [0.15, 0.2) is 52.3 Å². The maximum atomic E-state index is 13.5. The quantitative estimate of drug-likeness (QED) is 0.404. The number of carbonyl (C=O) groups excluding carboxylic acids is 1. The van der Waals surface area contributed by atoms with E-state index in [4.69, 9.17) is 4.74 Å². The van der Waals surface area contributed by atoms with Crippen LogP contribution >= 0.6 is 0 Å². The summed E-state index contributed by atoms with van der Waals surface area (Å²) < 4.78 is 60.9. The van der Waals surface area contributed by atoms with Gasteiger partial charge in [0.15, 0.2) is 0 Å². The third-order valence-corrected chi connectivity index (χ3v) is 10.2. The molecule has 0 aliphatic carbocycles. The molecule has 1 heterocycles. The number of amides is 1. The molecule has 1 aliphatic rings. The van der Waals surface area contributed by atoms with Crippen LogP contribution in [0, 0.1) is 13.8 Å². The number of benzene rings is 2. The smallest absolute Gasteiger partial charge is 0.243 e. The molecule has 9 nitrogen and oxygen atoms in total. The summed E-state index contributed by atoms with van der Waals surface area (Å²) in [4.78, 5) is 12.9. The molecule has 2 aromatic rings. The van der Waals surface area contributed by atoms with Crippen molar-refractivity contribution in [1.82, 2.24) is 8.61 Å². The molecule has 3 rings (SSSR count). The van der Waals surface area contributed by atoms with E-state index < -0.39 is 26.0 Å². The Hall–Kier alpha value is -2.31. The second kappa shape index (κ2) is 13.0. The third kappa shape index (κ3) is 7.38. The number of para-hydroxylation sites is 1. The van der Waals surface area contributed by atoms with Crippen molar-refractivity contribution < 1.29 is 26.4 Å². The van der Waals surface area contributed by atoms with Gasteiger partial charge in [-0.1, -0.05) is 24.6 Å². The second-order valence-electron chi connectivity index (χ2n) is 9.14. The molecule has 0 spiro atoms. The Morgan fingerprint density at radius 3 is 2.14 bits per heavy atom. The van der Waals surface area contributed by atoms with Crippen molar-refractivity contribution in [2.45, 2.75) is 56.2 Å². The van der Waals surface area contributed by atoms with Crippen molar-refractivity contribution >= 4 is 31.6 Å². The van der Waals surface area contributed by atoms with Gasteiger partial charge >= 0.3 is 0 Å². The van der Waals surface area contributed by atoms with Gasteiger partial charge in [-0.05, 0) is 75.4 Å². The highest BCUT2D eigenvalue weighted by Crippen LogP contribution is 2.24. The Kier molecular flexibility index (Phi) is 10.3. The minimum absolute atomic E-state index is 0.0593. The van der Waals surface area contributed by atoms with Gasteiger partial charge in [-0.3, -0.25) is 4.79 Å². The van der Waals surface area contributed by atoms with Crippen LogP contribution in [0.3, 0.4) is 0 Å². The highest BCUT2D eigenvalue weighted by molar-refractivity contribution is 7.89. The monoisotopic (exact) mass is 551 g/mol. The van der Waals surface area contributed by atoms with Gasteiger partial charge in [0.25, 0.3) is 0 Å². The molecule has 1 amide bonds. The fraction of sp³-hybridized carbons (Fsp3) is 0.500. The highest BCUT2D eigenvalue weighted by atomic mass is 32.2. The summed E-state index contributed by atoms with van der Waals surface area (Å²) in [6.07, 6.45) is 3.03. The number of rotatable bonds is 12. The van der Waals surface area contributed by atoms with E-state index in [1.54, 1.807) is 0 Å². The molecule has 1 N–H and O–H groups in total. The Morgan fingerprint density at radius 2 is 1.54 bits per heavy atom. The van der Waals surface area contributed by atoms with E-state index in [-0.39, 0.29) is 22.9 Å².